The fourth-order valence-corrected chi connectivity index (χ4v) is 8.66. The van der Waals surface area contributed by atoms with E-state index >= 15 is 0 Å². The van der Waals surface area contributed by atoms with E-state index in [0.717, 1.165) is 38.5 Å². The second-order valence-corrected chi connectivity index (χ2v) is 13.6. The fourth-order valence-electron chi connectivity index (χ4n) is 8.14. The third kappa shape index (κ3) is 4.53. The summed E-state index contributed by atoms with van der Waals surface area (Å²) in [6.45, 7) is 2.74. The number of phenols is 1. The van der Waals surface area contributed by atoms with Crippen LogP contribution >= 0.6 is 0 Å². The van der Waals surface area contributed by atoms with E-state index < -0.39 is 16.1 Å². The number of hydrogen-bond acceptors (Lipinski definition) is 6. The van der Waals surface area contributed by atoms with Gasteiger partial charge in [-0.15, -0.1) is 0 Å². The third-order valence-corrected chi connectivity index (χ3v) is 11.0. The Balaban J connectivity index is 1.15. The van der Waals surface area contributed by atoms with Gasteiger partial charge in [-0.3, -0.25) is 4.79 Å². The predicted octanol–water partition coefficient (Wildman–Crippen LogP) is 4.11. The zero-order valence-corrected chi connectivity index (χ0v) is 23.0. The van der Waals surface area contributed by atoms with E-state index in [9.17, 15) is 23.1 Å². The summed E-state index contributed by atoms with van der Waals surface area (Å²) in [4.78, 5) is 28.2. The van der Waals surface area contributed by atoms with Crippen LogP contribution in [0.2, 0.25) is 0 Å². The Morgan fingerprint density at radius 2 is 1.82 bits per heavy atom. The molecule has 2 saturated carbocycles. The molecule has 0 radical (unpaired) electrons. The number of aromatic hydroxyl groups is 1. The number of aryl methyl sites for hydroxylation is 1. The van der Waals surface area contributed by atoms with Gasteiger partial charge >= 0.3 is 5.97 Å². The number of carbonyl (C=O) groups is 2. The van der Waals surface area contributed by atoms with Crippen LogP contribution in [0, 0.1) is 17.3 Å². The number of nitrogens with two attached hydrogens (primary N) is 1. The topological polar surface area (TPSA) is 127 Å². The average Bonchev–Trinajstić information content (AvgIpc) is 3.52. The van der Waals surface area contributed by atoms with Crippen molar-refractivity contribution in [3.05, 3.63) is 59.2 Å². The van der Waals surface area contributed by atoms with Crippen molar-refractivity contribution in [3.8, 4) is 5.75 Å². The quantitative estimate of drug-likeness (QED) is 0.550. The number of primary sulfonamides is 1. The normalized spacial score (nSPS) is 31.7. The summed E-state index contributed by atoms with van der Waals surface area (Å²) >= 11 is 0. The third-order valence-electron chi connectivity index (χ3n) is 10.1. The Labute approximate surface area is 229 Å². The van der Waals surface area contributed by atoms with Gasteiger partial charge in [0, 0.05) is 17.5 Å². The van der Waals surface area contributed by atoms with Crippen LogP contribution in [0.5, 0.6) is 5.75 Å². The van der Waals surface area contributed by atoms with Gasteiger partial charge in [-0.25, -0.2) is 18.4 Å². The van der Waals surface area contributed by atoms with Crippen LogP contribution in [-0.2, 0) is 26.0 Å². The number of phenolic OH excluding ortho intramolecular Hbond substituents is 1. The molecule has 4 aliphatic rings. The van der Waals surface area contributed by atoms with Gasteiger partial charge in [0.1, 0.15) is 17.9 Å². The number of ether oxygens (including phenoxy) is 1. The van der Waals surface area contributed by atoms with Gasteiger partial charge in [-0.05, 0) is 117 Å². The molecule has 0 bridgehead atoms. The highest BCUT2D eigenvalue weighted by Crippen LogP contribution is 2.61. The molecule has 2 aromatic rings. The lowest BCUT2D eigenvalue weighted by molar-refractivity contribution is -0.162. The Morgan fingerprint density at radius 3 is 2.56 bits per heavy atom. The number of benzene rings is 2. The minimum atomic E-state index is -3.85. The summed E-state index contributed by atoms with van der Waals surface area (Å²) < 4.78 is 29.4. The summed E-state index contributed by atoms with van der Waals surface area (Å²) in [6, 6.07) is 10.7. The number of esters is 1. The van der Waals surface area contributed by atoms with Crippen molar-refractivity contribution in [2.75, 3.05) is 6.54 Å². The molecule has 1 aliphatic heterocycles. The number of nitrogens with zero attached hydrogens (tertiary/aromatic N) is 1. The molecule has 3 N–H and O–H groups in total. The van der Waals surface area contributed by atoms with Crippen molar-refractivity contribution >= 4 is 21.9 Å². The lowest BCUT2D eigenvalue weighted by atomic mass is 9.55. The highest BCUT2D eigenvalue weighted by Gasteiger charge is 2.56. The molecule has 1 amide bonds. The molecule has 1 saturated heterocycles. The maximum atomic E-state index is 13.5. The van der Waals surface area contributed by atoms with Crippen LogP contribution in [0.25, 0.3) is 0 Å². The Bertz CT molecular complexity index is 1410. The molecule has 8 nitrogen and oxygen atoms in total. The van der Waals surface area contributed by atoms with Crippen molar-refractivity contribution in [1.29, 1.82) is 0 Å². The second-order valence-electron chi connectivity index (χ2n) is 12.1. The molecule has 0 aromatic heterocycles. The minimum Gasteiger partial charge on any atom is -0.508 e. The first kappa shape index (κ1) is 26.3. The molecule has 6 atom stereocenters. The van der Waals surface area contributed by atoms with Gasteiger partial charge in [0.05, 0.1) is 4.90 Å². The molecule has 2 aromatic carbocycles. The van der Waals surface area contributed by atoms with E-state index in [0.29, 0.717) is 48.5 Å². The number of amides is 1. The van der Waals surface area contributed by atoms with Crippen LogP contribution in [0.4, 0.5) is 0 Å². The van der Waals surface area contributed by atoms with Crippen LogP contribution < -0.4 is 5.14 Å². The standard InChI is InChI=1S/C30H36N2O6S/c1-30-15-14-23-22-11-7-20(33)17-19(22)6-10-24(23)25(30)12-13-27(30)38-29(35)26-3-2-16-32(26)28(34)18-4-8-21(9-5-18)39(31,36)37/h4-5,7-9,11,17,23-27,33H,2-3,6,10,12-16H2,1H3,(H2,31,36,37)/t23?,24?,25?,26?,27-,30-/m0/s1. The second kappa shape index (κ2) is 9.63. The van der Waals surface area contributed by atoms with Crippen LogP contribution in [0.15, 0.2) is 47.4 Å². The molecule has 6 rings (SSSR count). The van der Waals surface area contributed by atoms with E-state index in [4.69, 9.17) is 9.88 Å². The first-order chi connectivity index (χ1) is 18.6. The van der Waals surface area contributed by atoms with Gasteiger partial charge in [0.2, 0.25) is 10.0 Å². The SMILES string of the molecule is C[C@]12CCC3c4ccc(O)cc4CCC3C1CC[C@@H]2OC(=O)C1CCCN1C(=O)c1ccc(S(N)(=O)=O)cc1. The zero-order chi connectivity index (χ0) is 27.5. The lowest BCUT2D eigenvalue weighted by Gasteiger charge is -2.50. The smallest absolute Gasteiger partial charge is 0.329 e. The number of rotatable bonds is 4. The maximum Gasteiger partial charge on any atom is 0.329 e. The molecule has 3 aliphatic carbocycles. The summed E-state index contributed by atoms with van der Waals surface area (Å²) in [5.41, 5.74) is 2.89. The lowest BCUT2D eigenvalue weighted by Crippen LogP contribution is -2.47. The number of carbonyl (C=O) groups excluding carboxylic acids is 2. The maximum absolute atomic E-state index is 13.5. The van der Waals surface area contributed by atoms with E-state index in [-0.39, 0.29) is 28.3 Å². The van der Waals surface area contributed by atoms with Crippen molar-refractivity contribution < 1.29 is 27.9 Å². The van der Waals surface area contributed by atoms with Gasteiger partial charge in [0.15, 0.2) is 0 Å². The van der Waals surface area contributed by atoms with E-state index in [1.165, 1.54) is 35.4 Å². The summed E-state index contributed by atoms with van der Waals surface area (Å²) in [6.07, 6.45) is 7.08. The van der Waals surface area contributed by atoms with E-state index in [1.807, 2.05) is 6.07 Å². The van der Waals surface area contributed by atoms with Crippen molar-refractivity contribution in [1.82, 2.24) is 4.90 Å². The van der Waals surface area contributed by atoms with E-state index in [2.05, 4.69) is 13.0 Å². The number of likely N-dealkylation sites (tertiary alicyclic amines) is 1. The largest absolute Gasteiger partial charge is 0.508 e. The molecule has 1 heterocycles. The Hall–Kier alpha value is -2.91. The predicted molar refractivity (Wildman–Crippen MR) is 144 cm³/mol. The average molecular weight is 553 g/mol. The number of fused-ring (bicyclic) bond motifs is 5. The van der Waals surface area contributed by atoms with Gasteiger partial charge in [-0.1, -0.05) is 13.0 Å². The molecule has 0 spiro atoms. The zero-order valence-electron chi connectivity index (χ0n) is 22.2. The van der Waals surface area contributed by atoms with Crippen molar-refractivity contribution in [2.45, 2.75) is 81.2 Å². The Morgan fingerprint density at radius 1 is 1.05 bits per heavy atom. The molecule has 208 valence electrons. The minimum absolute atomic E-state index is 0.0604. The molecule has 9 heteroatoms. The number of hydrogen-bond donors (Lipinski definition) is 2. The molecule has 39 heavy (non-hydrogen) atoms. The molecular weight excluding hydrogens is 516 g/mol. The Kier molecular flexibility index (Phi) is 6.50. The van der Waals surface area contributed by atoms with Crippen LogP contribution in [0.3, 0.4) is 0 Å². The monoisotopic (exact) mass is 552 g/mol. The first-order valence-corrected chi connectivity index (χ1v) is 15.6. The molecular formula is C30H36N2O6S. The van der Waals surface area contributed by atoms with Crippen LogP contribution in [-0.4, -0.2) is 49.0 Å². The summed E-state index contributed by atoms with van der Waals surface area (Å²) in [5.74, 6) is 1.22. The summed E-state index contributed by atoms with van der Waals surface area (Å²) in [5, 5.41) is 15.1. The van der Waals surface area contributed by atoms with Crippen LogP contribution in [0.1, 0.15) is 79.3 Å². The van der Waals surface area contributed by atoms with Gasteiger partial charge in [0.25, 0.3) is 5.91 Å². The fraction of sp³-hybridized carbons (Fsp3) is 0.533. The van der Waals surface area contributed by atoms with Gasteiger partial charge in [-0.2, -0.15) is 0 Å². The molecule has 3 fully saturated rings. The van der Waals surface area contributed by atoms with Crippen molar-refractivity contribution in [2.24, 2.45) is 22.4 Å². The van der Waals surface area contributed by atoms with E-state index in [1.54, 1.807) is 11.0 Å². The van der Waals surface area contributed by atoms with Gasteiger partial charge < -0.3 is 14.7 Å². The number of sulfonamides is 1. The summed E-state index contributed by atoms with van der Waals surface area (Å²) in [7, 11) is -3.85. The van der Waals surface area contributed by atoms with Crippen molar-refractivity contribution in [3.63, 3.8) is 0 Å². The highest BCUT2D eigenvalue weighted by molar-refractivity contribution is 7.89. The highest BCUT2D eigenvalue weighted by atomic mass is 32.2. The first-order valence-electron chi connectivity index (χ1n) is 14.0. The molecule has 4 unspecified atom stereocenters.